The highest BCUT2D eigenvalue weighted by atomic mass is 16.6. The fourth-order valence-electron chi connectivity index (χ4n) is 1.04. The van der Waals surface area contributed by atoms with Crippen LogP contribution in [0.5, 0.6) is 0 Å². The number of nitrogens with zero attached hydrogens (tertiary/aromatic N) is 4. The molecular formula is C10H15N5O2. The molecule has 0 radical (unpaired) electrons. The Balaban J connectivity index is 2.48. The van der Waals surface area contributed by atoms with Crippen LogP contribution >= 0.6 is 0 Å². The predicted molar refractivity (Wildman–Crippen MR) is 59.8 cm³/mol. The van der Waals surface area contributed by atoms with Gasteiger partial charge in [-0.15, -0.1) is 11.5 Å². The molecule has 7 nitrogen and oxygen atoms in total. The maximum Gasteiger partial charge on any atom is 0.408 e. The van der Waals surface area contributed by atoms with Crippen LogP contribution in [-0.4, -0.2) is 37.9 Å². The Morgan fingerprint density at radius 3 is 2.82 bits per heavy atom. The summed E-state index contributed by atoms with van der Waals surface area (Å²) in [5, 5.41) is 13.1. The topological polar surface area (TPSA) is 81.9 Å². The number of carbonyl (C=O) groups excluding carboxylic acids is 1. The summed E-state index contributed by atoms with van der Waals surface area (Å²) in [6.07, 6.45) is 6.16. The third-order valence-corrected chi connectivity index (χ3v) is 1.65. The van der Waals surface area contributed by atoms with Crippen LogP contribution in [0.2, 0.25) is 0 Å². The minimum absolute atomic E-state index is 0.294. The Labute approximate surface area is 99.5 Å². The first-order valence-corrected chi connectivity index (χ1v) is 5.07. The molecule has 0 saturated heterocycles. The van der Waals surface area contributed by atoms with Crippen molar-refractivity contribution in [3.63, 3.8) is 0 Å². The molecule has 0 aliphatic rings. The Morgan fingerprint density at radius 2 is 2.35 bits per heavy atom. The third-order valence-electron chi connectivity index (χ3n) is 1.65. The van der Waals surface area contributed by atoms with Crippen LogP contribution in [0.3, 0.4) is 0 Å². The van der Waals surface area contributed by atoms with E-state index in [1.54, 1.807) is 20.8 Å². The van der Waals surface area contributed by atoms with Gasteiger partial charge in [0.1, 0.15) is 18.0 Å². The minimum atomic E-state index is -0.562. The molecule has 0 bridgehead atoms. The molecule has 1 aromatic heterocycles. The van der Waals surface area contributed by atoms with Crippen molar-refractivity contribution < 1.29 is 9.53 Å². The molecule has 1 rings (SSSR count). The summed E-state index contributed by atoms with van der Waals surface area (Å²) < 4.78 is 6.52. The van der Waals surface area contributed by atoms with Crippen LogP contribution in [0.4, 0.5) is 4.79 Å². The zero-order chi connectivity index (χ0) is 12.9. The summed E-state index contributed by atoms with van der Waals surface area (Å²) >= 11 is 0. The third kappa shape index (κ3) is 4.97. The first kappa shape index (κ1) is 13.0. The summed E-state index contributed by atoms with van der Waals surface area (Å²) in [4.78, 5) is 11.5. The number of nitrogens with one attached hydrogen (secondary N) is 1. The van der Waals surface area contributed by atoms with Crippen molar-refractivity contribution in [2.75, 3.05) is 0 Å². The van der Waals surface area contributed by atoms with Crippen molar-refractivity contribution in [3.05, 3.63) is 6.33 Å². The van der Waals surface area contributed by atoms with E-state index in [1.165, 1.54) is 11.0 Å². The first-order chi connectivity index (χ1) is 7.90. The molecule has 0 aromatic carbocycles. The number of alkyl carbamates (subject to hydrolysis) is 1. The molecule has 0 spiro atoms. The zero-order valence-corrected chi connectivity index (χ0v) is 10.0. The van der Waals surface area contributed by atoms with Crippen LogP contribution in [-0.2, 0) is 11.3 Å². The van der Waals surface area contributed by atoms with Gasteiger partial charge in [0, 0.05) is 0 Å². The SMILES string of the molecule is C#C[C@H](Cn1cnnn1)NC(=O)OC(C)(C)C. The van der Waals surface area contributed by atoms with E-state index in [2.05, 4.69) is 26.8 Å². The number of hydrogen-bond donors (Lipinski definition) is 1. The molecule has 0 saturated carbocycles. The van der Waals surface area contributed by atoms with Crippen molar-refractivity contribution in [1.82, 2.24) is 25.5 Å². The Kier molecular flexibility index (Phi) is 4.04. The van der Waals surface area contributed by atoms with Gasteiger partial charge < -0.3 is 10.1 Å². The molecule has 1 aromatic rings. The first-order valence-electron chi connectivity index (χ1n) is 5.07. The minimum Gasteiger partial charge on any atom is -0.444 e. The number of aromatic nitrogens is 4. The average Bonchev–Trinajstić information content (AvgIpc) is 2.66. The van der Waals surface area contributed by atoms with Gasteiger partial charge in [0.25, 0.3) is 0 Å². The molecule has 1 atom stereocenters. The number of amides is 1. The van der Waals surface area contributed by atoms with E-state index < -0.39 is 17.7 Å². The molecule has 7 heteroatoms. The van der Waals surface area contributed by atoms with E-state index in [0.717, 1.165) is 0 Å². The molecular weight excluding hydrogens is 222 g/mol. The molecule has 92 valence electrons. The van der Waals surface area contributed by atoms with Crippen LogP contribution in [0.25, 0.3) is 0 Å². The molecule has 1 N–H and O–H groups in total. The maximum absolute atomic E-state index is 11.5. The van der Waals surface area contributed by atoms with Crippen molar-refractivity contribution in [3.8, 4) is 12.3 Å². The van der Waals surface area contributed by atoms with E-state index >= 15 is 0 Å². The molecule has 0 aliphatic carbocycles. The fraction of sp³-hybridized carbons (Fsp3) is 0.600. The van der Waals surface area contributed by atoms with Gasteiger partial charge in [-0.1, -0.05) is 5.92 Å². The average molecular weight is 237 g/mol. The predicted octanol–water partition coefficient (Wildman–Crippen LogP) is 0.200. The van der Waals surface area contributed by atoms with Crippen molar-refractivity contribution in [1.29, 1.82) is 0 Å². The normalized spacial score (nSPS) is 12.6. The number of rotatable bonds is 3. The van der Waals surface area contributed by atoms with Crippen LogP contribution in [0.1, 0.15) is 20.8 Å². The van der Waals surface area contributed by atoms with E-state index in [-0.39, 0.29) is 0 Å². The number of tetrazole rings is 1. The molecule has 1 heterocycles. The lowest BCUT2D eigenvalue weighted by Gasteiger charge is -2.21. The van der Waals surface area contributed by atoms with Gasteiger partial charge in [0.05, 0.1) is 6.54 Å². The van der Waals surface area contributed by atoms with Gasteiger partial charge in [-0.3, -0.25) is 0 Å². The van der Waals surface area contributed by atoms with E-state index in [9.17, 15) is 4.79 Å². The maximum atomic E-state index is 11.5. The monoisotopic (exact) mass is 237 g/mol. The van der Waals surface area contributed by atoms with Gasteiger partial charge in [-0.2, -0.15) is 0 Å². The van der Waals surface area contributed by atoms with Crippen LogP contribution < -0.4 is 5.32 Å². The summed E-state index contributed by atoms with van der Waals surface area (Å²) in [5.74, 6) is 2.43. The Morgan fingerprint density at radius 1 is 1.65 bits per heavy atom. The lowest BCUT2D eigenvalue weighted by Crippen LogP contribution is -2.40. The van der Waals surface area contributed by atoms with Crippen molar-refractivity contribution in [2.45, 2.75) is 39.0 Å². The zero-order valence-electron chi connectivity index (χ0n) is 10.0. The number of carbonyl (C=O) groups is 1. The van der Waals surface area contributed by atoms with Gasteiger partial charge in [-0.05, 0) is 31.2 Å². The van der Waals surface area contributed by atoms with Gasteiger partial charge in [-0.25, -0.2) is 9.48 Å². The number of ether oxygens (including phenoxy) is 1. The molecule has 1 amide bonds. The summed E-state index contributed by atoms with van der Waals surface area (Å²) in [7, 11) is 0. The molecule has 17 heavy (non-hydrogen) atoms. The second kappa shape index (κ2) is 5.30. The lowest BCUT2D eigenvalue weighted by atomic mass is 10.2. The molecule has 0 fully saturated rings. The highest BCUT2D eigenvalue weighted by Gasteiger charge is 2.18. The van der Waals surface area contributed by atoms with Gasteiger partial charge in [0.15, 0.2) is 0 Å². The Hall–Kier alpha value is -2.10. The highest BCUT2D eigenvalue weighted by Crippen LogP contribution is 2.06. The smallest absolute Gasteiger partial charge is 0.408 e. The second-order valence-electron chi connectivity index (χ2n) is 4.40. The van der Waals surface area contributed by atoms with Crippen LogP contribution in [0.15, 0.2) is 6.33 Å². The van der Waals surface area contributed by atoms with Gasteiger partial charge in [0.2, 0.25) is 0 Å². The van der Waals surface area contributed by atoms with Crippen LogP contribution in [0, 0.1) is 12.3 Å². The second-order valence-corrected chi connectivity index (χ2v) is 4.40. The Bertz CT molecular complexity index is 401. The standard InChI is InChI=1S/C10H15N5O2/c1-5-8(6-15-7-11-13-14-15)12-9(16)17-10(2,3)4/h1,7-8H,6H2,2-4H3,(H,12,16)/t8-/m1/s1. The molecule has 0 aliphatic heterocycles. The van der Waals surface area contributed by atoms with E-state index in [0.29, 0.717) is 6.54 Å². The summed E-state index contributed by atoms with van der Waals surface area (Å²) in [6, 6.07) is -0.520. The van der Waals surface area contributed by atoms with Crippen molar-refractivity contribution in [2.24, 2.45) is 0 Å². The lowest BCUT2D eigenvalue weighted by molar-refractivity contribution is 0.0512. The summed E-state index contributed by atoms with van der Waals surface area (Å²) in [6.45, 7) is 5.62. The van der Waals surface area contributed by atoms with Crippen molar-refractivity contribution >= 4 is 6.09 Å². The fourth-order valence-corrected chi connectivity index (χ4v) is 1.04. The van der Waals surface area contributed by atoms with E-state index in [4.69, 9.17) is 11.2 Å². The molecule has 0 unspecified atom stereocenters. The number of hydrogen-bond acceptors (Lipinski definition) is 5. The largest absolute Gasteiger partial charge is 0.444 e. The van der Waals surface area contributed by atoms with Gasteiger partial charge >= 0.3 is 6.09 Å². The number of terminal acetylenes is 1. The summed E-state index contributed by atoms with van der Waals surface area (Å²) in [5.41, 5.74) is -0.557. The quantitative estimate of drug-likeness (QED) is 0.759. The van der Waals surface area contributed by atoms with E-state index in [1.807, 2.05) is 0 Å². The highest BCUT2D eigenvalue weighted by molar-refractivity contribution is 5.68.